The zero-order valence-corrected chi connectivity index (χ0v) is 9.06. The van der Waals surface area contributed by atoms with Crippen molar-refractivity contribution in [2.45, 2.75) is 0 Å². The van der Waals surface area contributed by atoms with Crippen molar-refractivity contribution < 1.29 is 17.1 Å². The Morgan fingerprint density at radius 3 is 0.500 bits per heavy atom. The third-order valence-corrected chi connectivity index (χ3v) is 0. The molecular weight excluding hydrogens is 437 g/mol. The van der Waals surface area contributed by atoms with Crippen LogP contribution in [-0.2, 0) is 17.1 Å². The Balaban J connectivity index is 0. The maximum atomic E-state index is 0. The van der Waals surface area contributed by atoms with E-state index in [9.17, 15) is 0 Å². The molecule has 0 aromatic rings. The van der Waals surface area contributed by atoms with Crippen molar-refractivity contribution in [2.75, 3.05) is 0 Å². The molecule has 0 rings (SSSR count). The van der Waals surface area contributed by atoms with E-state index in [4.69, 9.17) is 0 Å². The minimum Gasteiger partial charge on any atom is 0 e. The van der Waals surface area contributed by atoms with Gasteiger partial charge in [-0.1, -0.05) is 0 Å². The normalized spacial score (nSPS) is 0. The molecule has 0 N–H and O–H groups in total. The van der Waals surface area contributed by atoms with Gasteiger partial charge in [-0.15, -0.1) is 0 Å². The molecular formula is FeI3. The van der Waals surface area contributed by atoms with Crippen LogP contribution < -0.4 is 0 Å². The van der Waals surface area contributed by atoms with Gasteiger partial charge in [0.05, 0.1) is 0 Å². The van der Waals surface area contributed by atoms with Crippen LogP contribution in [0, 0.1) is 0 Å². The van der Waals surface area contributed by atoms with Gasteiger partial charge in [-0.2, -0.15) is 0 Å². The minimum absolute atomic E-state index is 0. The van der Waals surface area contributed by atoms with E-state index in [1.807, 2.05) is 0 Å². The van der Waals surface area contributed by atoms with Gasteiger partial charge in [-0.25, -0.2) is 0 Å². The molecule has 0 fully saturated rings. The summed E-state index contributed by atoms with van der Waals surface area (Å²) in [5.74, 6) is 0. The zero-order chi connectivity index (χ0) is 0. The van der Waals surface area contributed by atoms with Gasteiger partial charge in [0, 0.05) is 89.0 Å². The zero-order valence-electron chi connectivity index (χ0n) is 1.49. The smallest absolute Gasteiger partial charge is 0 e. The van der Waals surface area contributed by atoms with Gasteiger partial charge in [0.25, 0.3) is 0 Å². The molecule has 0 aromatic heterocycles. The molecule has 0 aromatic carbocycles. The Bertz CT molecular complexity index is 3.25. The average Bonchev–Trinajstić information content (AvgIpc) is 0. The van der Waals surface area contributed by atoms with Crippen LogP contribution in [0.4, 0.5) is 0 Å². The van der Waals surface area contributed by atoms with Crippen LogP contribution in [0.3, 0.4) is 0 Å². The van der Waals surface area contributed by atoms with E-state index >= 15 is 0 Å². The van der Waals surface area contributed by atoms with E-state index in [2.05, 4.69) is 0 Å². The summed E-state index contributed by atoms with van der Waals surface area (Å²) < 4.78 is 0. The van der Waals surface area contributed by atoms with Crippen LogP contribution in [-0.4, -0.2) is 0 Å². The first-order valence-electron chi connectivity index (χ1n) is 0. The van der Waals surface area contributed by atoms with E-state index in [-0.39, 0.29) is 89.0 Å². The van der Waals surface area contributed by atoms with Gasteiger partial charge in [0.2, 0.25) is 0 Å². The van der Waals surface area contributed by atoms with Crippen molar-refractivity contribution in [1.82, 2.24) is 0 Å². The van der Waals surface area contributed by atoms with E-state index in [1.54, 1.807) is 0 Å². The Morgan fingerprint density at radius 2 is 0.500 bits per heavy atom. The first kappa shape index (κ1) is 29.8. The summed E-state index contributed by atoms with van der Waals surface area (Å²) in [4.78, 5) is 0. The average molecular weight is 437 g/mol. The van der Waals surface area contributed by atoms with Crippen molar-refractivity contribution in [2.24, 2.45) is 0 Å². The molecule has 0 saturated carbocycles. The Labute approximate surface area is 87.4 Å². The molecule has 0 bridgehead atoms. The number of hydrogen-bond acceptors (Lipinski definition) is 0. The van der Waals surface area contributed by atoms with Crippen LogP contribution in [0.5, 0.6) is 0 Å². The van der Waals surface area contributed by atoms with Gasteiger partial charge in [0.1, 0.15) is 0 Å². The molecule has 0 aliphatic rings. The predicted octanol–water partition coefficient (Wildman–Crippen LogP) is 2.65. The first-order valence-corrected chi connectivity index (χ1v) is 0. The molecule has 3 radical (unpaired) electrons. The predicted molar refractivity (Wildman–Crippen MR) is 42.1 cm³/mol. The van der Waals surface area contributed by atoms with Crippen LogP contribution >= 0.6 is 71.9 Å². The summed E-state index contributed by atoms with van der Waals surface area (Å²) >= 11 is 0. The maximum absolute atomic E-state index is 0. The molecule has 0 amide bonds. The minimum atomic E-state index is 0. The Morgan fingerprint density at radius 1 is 0.500 bits per heavy atom. The molecule has 0 saturated heterocycles. The first-order chi connectivity index (χ1) is 0. The molecule has 4 heteroatoms. The van der Waals surface area contributed by atoms with Crippen molar-refractivity contribution >= 4 is 71.9 Å². The van der Waals surface area contributed by atoms with Crippen molar-refractivity contribution in [3.05, 3.63) is 0 Å². The summed E-state index contributed by atoms with van der Waals surface area (Å²) in [6.45, 7) is 0. The third-order valence-electron chi connectivity index (χ3n) is 0. The second kappa shape index (κ2) is 17.2. The second-order valence-electron chi connectivity index (χ2n) is 0. The van der Waals surface area contributed by atoms with Crippen LogP contribution in [0.15, 0.2) is 0 Å². The molecule has 0 aliphatic heterocycles. The summed E-state index contributed by atoms with van der Waals surface area (Å²) in [5, 5.41) is 0. The molecule has 0 heterocycles. The maximum Gasteiger partial charge on any atom is 0 e. The van der Waals surface area contributed by atoms with Gasteiger partial charge >= 0.3 is 0 Å². The number of hydrogen-bond donors (Lipinski definition) is 0. The fourth-order valence-electron chi connectivity index (χ4n) is 0. The topological polar surface area (TPSA) is 0 Å². The fraction of sp³-hybridized carbons (Fsp3) is 0. The number of halogens is 3. The summed E-state index contributed by atoms with van der Waals surface area (Å²) in [6, 6.07) is 0. The largest absolute Gasteiger partial charge is 0 e. The van der Waals surface area contributed by atoms with Gasteiger partial charge in [0.15, 0.2) is 0 Å². The molecule has 4 heavy (non-hydrogen) atoms. The Kier molecular flexibility index (Phi) is 128. The van der Waals surface area contributed by atoms with E-state index in [1.165, 1.54) is 0 Å². The van der Waals surface area contributed by atoms with Gasteiger partial charge in [-0.3, -0.25) is 0 Å². The van der Waals surface area contributed by atoms with Crippen LogP contribution in [0.2, 0.25) is 0 Å². The standard InChI is InChI=1S/Fe.3I. The van der Waals surface area contributed by atoms with Gasteiger partial charge in [-0.05, 0) is 0 Å². The van der Waals surface area contributed by atoms with Crippen LogP contribution in [0.1, 0.15) is 0 Å². The SMILES string of the molecule is [Fe].[I].[I].[I]. The van der Waals surface area contributed by atoms with Crippen LogP contribution in [0.25, 0.3) is 0 Å². The molecule has 0 nitrogen and oxygen atoms in total. The van der Waals surface area contributed by atoms with Crippen molar-refractivity contribution in [1.29, 1.82) is 0 Å². The third kappa shape index (κ3) is 8.83. The summed E-state index contributed by atoms with van der Waals surface area (Å²) in [7, 11) is 0. The summed E-state index contributed by atoms with van der Waals surface area (Å²) in [5.41, 5.74) is 0. The molecule has 0 aliphatic carbocycles. The van der Waals surface area contributed by atoms with E-state index in [0.717, 1.165) is 0 Å². The number of rotatable bonds is 0. The Hall–Kier alpha value is 2.71. The van der Waals surface area contributed by atoms with E-state index in [0.29, 0.717) is 0 Å². The molecule has 0 unspecified atom stereocenters. The fourth-order valence-corrected chi connectivity index (χ4v) is 0. The monoisotopic (exact) mass is 437 g/mol. The molecule has 0 spiro atoms. The van der Waals surface area contributed by atoms with Gasteiger partial charge < -0.3 is 0 Å². The second-order valence-corrected chi connectivity index (χ2v) is 0. The molecule has 0 atom stereocenters. The summed E-state index contributed by atoms with van der Waals surface area (Å²) in [6.07, 6.45) is 0. The molecule has 29 valence electrons. The quantitative estimate of drug-likeness (QED) is 0.405. The van der Waals surface area contributed by atoms with Crippen molar-refractivity contribution in [3.8, 4) is 0 Å². The van der Waals surface area contributed by atoms with Crippen molar-refractivity contribution in [3.63, 3.8) is 0 Å². The van der Waals surface area contributed by atoms with E-state index < -0.39 is 0 Å².